The van der Waals surface area contributed by atoms with Crippen molar-refractivity contribution < 1.29 is 4.39 Å². The molecule has 0 radical (unpaired) electrons. The normalized spacial score (nSPS) is 15.9. The van der Waals surface area contributed by atoms with Gasteiger partial charge in [0.2, 0.25) is 0 Å². The maximum atomic E-state index is 13.3. The lowest BCUT2D eigenvalue weighted by molar-refractivity contribution is 0.187. The van der Waals surface area contributed by atoms with Gasteiger partial charge in [0.1, 0.15) is 5.67 Å². The van der Waals surface area contributed by atoms with Crippen molar-refractivity contribution in [3.8, 4) is 0 Å². The summed E-state index contributed by atoms with van der Waals surface area (Å²) in [5.74, 6) is 1.23. The van der Waals surface area contributed by atoms with Gasteiger partial charge in [-0.3, -0.25) is 0 Å². The molecule has 0 aliphatic rings. The molecule has 0 aromatic rings. The van der Waals surface area contributed by atoms with Crippen LogP contribution in [0.2, 0.25) is 0 Å². The predicted octanol–water partition coefficient (Wildman–Crippen LogP) is 5.14. The minimum Gasteiger partial charge on any atom is -0.245 e. The van der Waals surface area contributed by atoms with Gasteiger partial charge in [0.25, 0.3) is 0 Å². The molecule has 0 rings (SSSR count). The summed E-state index contributed by atoms with van der Waals surface area (Å²) in [5, 5.41) is 0. The first-order valence-electron chi connectivity index (χ1n) is 6.08. The van der Waals surface area contributed by atoms with Crippen LogP contribution in [0.1, 0.15) is 60.8 Å². The second-order valence-electron chi connectivity index (χ2n) is 5.70. The number of rotatable bonds is 6. The van der Waals surface area contributed by atoms with Crippen molar-refractivity contribution in [2.45, 2.75) is 66.5 Å². The van der Waals surface area contributed by atoms with E-state index in [1.165, 1.54) is 5.57 Å². The van der Waals surface area contributed by atoms with E-state index in [0.29, 0.717) is 18.3 Å². The Morgan fingerprint density at radius 1 is 1.27 bits per heavy atom. The number of allylic oxidation sites excluding steroid dienone is 2. The zero-order chi connectivity index (χ0) is 12.1. The molecular weight excluding hydrogens is 187 g/mol. The third kappa shape index (κ3) is 8.65. The Morgan fingerprint density at radius 3 is 2.20 bits per heavy atom. The Balaban J connectivity index is 3.85. The van der Waals surface area contributed by atoms with Gasteiger partial charge in [-0.15, -0.1) is 0 Å². The van der Waals surface area contributed by atoms with E-state index in [1.807, 2.05) is 0 Å². The lowest BCUT2D eigenvalue weighted by atomic mass is 9.93. The first-order chi connectivity index (χ1) is 6.72. The van der Waals surface area contributed by atoms with E-state index >= 15 is 0 Å². The molecular formula is C14H27F. The first kappa shape index (κ1) is 14.7. The molecule has 0 aliphatic carbocycles. The minimum absolute atomic E-state index is 0.591. The fourth-order valence-corrected chi connectivity index (χ4v) is 1.33. The Bertz CT molecular complexity index is 196. The highest BCUT2D eigenvalue weighted by molar-refractivity contribution is 5.01. The second-order valence-corrected chi connectivity index (χ2v) is 5.70. The van der Waals surface area contributed by atoms with Crippen molar-refractivity contribution >= 4 is 0 Å². The maximum Gasteiger partial charge on any atom is 0.105 e. The van der Waals surface area contributed by atoms with Crippen LogP contribution in [0.5, 0.6) is 0 Å². The van der Waals surface area contributed by atoms with E-state index in [-0.39, 0.29) is 0 Å². The molecule has 0 amide bonds. The molecule has 0 bridgehead atoms. The average molecular weight is 214 g/mol. The van der Waals surface area contributed by atoms with Crippen LogP contribution in [0, 0.1) is 11.8 Å². The summed E-state index contributed by atoms with van der Waals surface area (Å²) >= 11 is 0. The van der Waals surface area contributed by atoms with Crippen LogP contribution in [0.25, 0.3) is 0 Å². The van der Waals surface area contributed by atoms with E-state index < -0.39 is 5.67 Å². The molecule has 15 heavy (non-hydrogen) atoms. The summed E-state index contributed by atoms with van der Waals surface area (Å²) < 4.78 is 13.3. The minimum atomic E-state index is -1.01. The molecule has 0 heterocycles. The SMILES string of the molecule is C/C(=C\CC(C)CCC(C)(C)F)C(C)C. The third-order valence-electron chi connectivity index (χ3n) is 2.98. The third-order valence-corrected chi connectivity index (χ3v) is 2.98. The van der Waals surface area contributed by atoms with Crippen molar-refractivity contribution in [2.24, 2.45) is 11.8 Å². The van der Waals surface area contributed by atoms with Gasteiger partial charge in [-0.05, 0) is 51.9 Å². The first-order valence-corrected chi connectivity index (χ1v) is 6.08. The summed E-state index contributed by atoms with van der Waals surface area (Å²) in [7, 11) is 0. The molecule has 0 nitrogen and oxygen atoms in total. The number of alkyl halides is 1. The van der Waals surface area contributed by atoms with Crippen LogP contribution in [0.3, 0.4) is 0 Å². The highest BCUT2D eigenvalue weighted by Gasteiger charge is 2.16. The molecule has 0 fully saturated rings. The largest absolute Gasteiger partial charge is 0.245 e. The van der Waals surface area contributed by atoms with Gasteiger partial charge in [0.15, 0.2) is 0 Å². The van der Waals surface area contributed by atoms with Crippen LogP contribution >= 0.6 is 0 Å². The van der Waals surface area contributed by atoms with Crippen LogP contribution in [0.4, 0.5) is 4.39 Å². The molecule has 0 saturated heterocycles. The monoisotopic (exact) mass is 214 g/mol. The summed E-state index contributed by atoms with van der Waals surface area (Å²) in [6, 6.07) is 0. The van der Waals surface area contributed by atoms with Crippen LogP contribution in [0.15, 0.2) is 11.6 Å². The van der Waals surface area contributed by atoms with Gasteiger partial charge >= 0.3 is 0 Å². The highest BCUT2D eigenvalue weighted by atomic mass is 19.1. The number of hydrogen-bond acceptors (Lipinski definition) is 0. The molecule has 0 aromatic heterocycles. The summed E-state index contributed by atoms with van der Waals surface area (Å²) in [6.07, 6.45) is 5.04. The van der Waals surface area contributed by atoms with Crippen molar-refractivity contribution in [3.63, 3.8) is 0 Å². The Hall–Kier alpha value is -0.330. The predicted molar refractivity (Wildman–Crippen MR) is 66.8 cm³/mol. The van der Waals surface area contributed by atoms with E-state index in [2.05, 4.69) is 33.8 Å². The van der Waals surface area contributed by atoms with Gasteiger partial charge in [-0.2, -0.15) is 0 Å². The van der Waals surface area contributed by atoms with Gasteiger partial charge in [0, 0.05) is 0 Å². The molecule has 1 unspecified atom stereocenters. The fraction of sp³-hybridized carbons (Fsp3) is 0.857. The standard InChI is InChI=1S/C14H27F/c1-11(2)13(4)8-7-12(3)9-10-14(5,6)15/h8,11-12H,7,9-10H2,1-6H3/b13-8+. The average Bonchev–Trinajstić information content (AvgIpc) is 2.09. The van der Waals surface area contributed by atoms with E-state index in [9.17, 15) is 4.39 Å². The topological polar surface area (TPSA) is 0 Å². The lowest BCUT2D eigenvalue weighted by Gasteiger charge is -2.17. The lowest BCUT2D eigenvalue weighted by Crippen LogP contribution is -2.13. The molecule has 0 spiro atoms. The molecule has 0 N–H and O–H groups in total. The Kier molecular flexibility index (Phi) is 6.16. The van der Waals surface area contributed by atoms with Gasteiger partial charge < -0.3 is 0 Å². The van der Waals surface area contributed by atoms with Crippen molar-refractivity contribution in [2.75, 3.05) is 0 Å². The molecule has 1 heteroatoms. The summed E-state index contributed by atoms with van der Waals surface area (Å²) in [6.45, 7) is 12.1. The summed E-state index contributed by atoms with van der Waals surface area (Å²) in [4.78, 5) is 0. The van der Waals surface area contributed by atoms with E-state index in [1.54, 1.807) is 13.8 Å². The van der Waals surface area contributed by atoms with Gasteiger partial charge in [-0.25, -0.2) is 4.39 Å². The quantitative estimate of drug-likeness (QED) is 0.537. The highest BCUT2D eigenvalue weighted by Crippen LogP contribution is 2.22. The molecule has 0 aromatic carbocycles. The van der Waals surface area contributed by atoms with Crippen molar-refractivity contribution in [1.82, 2.24) is 0 Å². The number of halogens is 1. The Labute approximate surface area is 95.0 Å². The molecule has 1 atom stereocenters. The summed E-state index contributed by atoms with van der Waals surface area (Å²) in [5.41, 5.74) is 0.437. The fourth-order valence-electron chi connectivity index (χ4n) is 1.33. The maximum absolute atomic E-state index is 13.3. The van der Waals surface area contributed by atoms with Gasteiger partial charge in [-0.1, -0.05) is 32.4 Å². The smallest absolute Gasteiger partial charge is 0.105 e. The second kappa shape index (κ2) is 6.30. The molecule has 0 saturated carbocycles. The zero-order valence-electron chi connectivity index (χ0n) is 11.2. The van der Waals surface area contributed by atoms with Gasteiger partial charge in [0.05, 0.1) is 0 Å². The van der Waals surface area contributed by atoms with Crippen LogP contribution in [-0.2, 0) is 0 Å². The molecule has 90 valence electrons. The van der Waals surface area contributed by atoms with Crippen molar-refractivity contribution in [1.29, 1.82) is 0 Å². The Morgan fingerprint density at radius 2 is 1.80 bits per heavy atom. The zero-order valence-corrected chi connectivity index (χ0v) is 11.2. The van der Waals surface area contributed by atoms with E-state index in [0.717, 1.165) is 12.8 Å². The van der Waals surface area contributed by atoms with Crippen molar-refractivity contribution in [3.05, 3.63) is 11.6 Å². The van der Waals surface area contributed by atoms with Crippen LogP contribution in [-0.4, -0.2) is 5.67 Å². The van der Waals surface area contributed by atoms with E-state index in [4.69, 9.17) is 0 Å². The number of hydrogen-bond donors (Lipinski definition) is 0. The molecule has 0 aliphatic heterocycles. The van der Waals surface area contributed by atoms with Crippen LogP contribution < -0.4 is 0 Å².